The molecule has 0 aromatic heterocycles. The number of hydrogen-bond acceptors (Lipinski definition) is 7. The van der Waals surface area contributed by atoms with Crippen LogP contribution >= 0.6 is 0 Å². The van der Waals surface area contributed by atoms with E-state index in [9.17, 15) is 26.4 Å². The summed E-state index contributed by atoms with van der Waals surface area (Å²) in [6.45, 7) is 2.01. The quantitative estimate of drug-likeness (QED) is 0.572. The number of aryl methyl sites for hydroxylation is 1. The molecule has 0 saturated carbocycles. The molecule has 0 radical (unpaired) electrons. The van der Waals surface area contributed by atoms with Gasteiger partial charge in [-0.15, -0.1) is 13.2 Å². The Hall–Kier alpha value is -3.80. The van der Waals surface area contributed by atoms with Gasteiger partial charge in [-0.3, -0.25) is 4.79 Å². The number of ether oxygens (including phenoxy) is 1. The van der Waals surface area contributed by atoms with Crippen molar-refractivity contribution in [3.8, 4) is 0 Å². The van der Waals surface area contributed by atoms with Crippen LogP contribution in [0.4, 0.5) is 18.9 Å². The summed E-state index contributed by atoms with van der Waals surface area (Å²) in [7, 11) is -4.04. The zero-order valence-corrected chi connectivity index (χ0v) is 19.2. The molecule has 2 aromatic rings. The van der Waals surface area contributed by atoms with E-state index >= 15 is 0 Å². The third-order valence-electron chi connectivity index (χ3n) is 5.22. The van der Waals surface area contributed by atoms with Crippen LogP contribution in [0.25, 0.3) is 0 Å². The maximum absolute atomic E-state index is 12.6. The number of rotatable bonds is 5. The number of amides is 1. The van der Waals surface area contributed by atoms with E-state index in [1.807, 2.05) is 6.92 Å². The van der Waals surface area contributed by atoms with Crippen molar-refractivity contribution >= 4 is 27.5 Å². The zero-order valence-electron chi connectivity index (χ0n) is 18.4. The number of carbonyl (C=O) groups excluding carboxylic acids is 1. The van der Waals surface area contributed by atoms with Crippen LogP contribution in [0.1, 0.15) is 27.9 Å². The molecule has 1 unspecified atom stereocenters. The third-order valence-corrected chi connectivity index (χ3v) is 6.57. The van der Waals surface area contributed by atoms with Crippen molar-refractivity contribution in [1.82, 2.24) is 10.0 Å². The first-order chi connectivity index (χ1) is 16.5. The van der Waals surface area contributed by atoms with Crippen LogP contribution in [-0.4, -0.2) is 39.2 Å². The minimum atomic E-state index is -4.75. The highest BCUT2D eigenvalue weighted by Gasteiger charge is 2.32. The van der Waals surface area contributed by atoms with Gasteiger partial charge in [0.15, 0.2) is 0 Å². The van der Waals surface area contributed by atoms with Crippen molar-refractivity contribution in [2.75, 3.05) is 12.0 Å². The number of benzene rings is 2. The highest BCUT2D eigenvalue weighted by molar-refractivity contribution is 7.90. The average molecular weight is 507 g/mol. The van der Waals surface area contributed by atoms with Gasteiger partial charge in [0.05, 0.1) is 4.90 Å². The van der Waals surface area contributed by atoms with Crippen LogP contribution in [0.5, 0.6) is 0 Å². The fourth-order valence-electron chi connectivity index (χ4n) is 3.50. The second-order valence-electron chi connectivity index (χ2n) is 7.85. The predicted molar refractivity (Wildman–Crippen MR) is 123 cm³/mol. The molecule has 0 fully saturated rings. The lowest BCUT2D eigenvalue weighted by molar-refractivity contribution is -0.303. The second kappa shape index (κ2) is 9.45. The van der Waals surface area contributed by atoms with Crippen molar-refractivity contribution in [2.45, 2.75) is 30.6 Å². The minimum Gasteiger partial charge on any atom is -0.406 e. The molecule has 12 heteroatoms. The minimum absolute atomic E-state index is 0.0236. The molecule has 3 N–H and O–H groups in total. The molecule has 2 aromatic carbocycles. The van der Waals surface area contributed by atoms with Crippen LogP contribution in [0, 0.1) is 6.92 Å². The van der Waals surface area contributed by atoms with E-state index in [-0.39, 0.29) is 35.3 Å². The fraction of sp³-hybridized carbons (Fsp3) is 0.217. The maximum Gasteiger partial charge on any atom is 0.573 e. The van der Waals surface area contributed by atoms with E-state index in [1.165, 1.54) is 36.4 Å². The van der Waals surface area contributed by atoms with Crippen LogP contribution in [0.3, 0.4) is 0 Å². The number of nitrogens with zero attached hydrogens (tertiary/aromatic N) is 1. The van der Waals surface area contributed by atoms with Gasteiger partial charge in [0, 0.05) is 22.9 Å². The molecule has 1 heterocycles. The lowest BCUT2D eigenvalue weighted by atomic mass is 10.0. The smallest absolute Gasteiger partial charge is 0.406 e. The number of amidine groups is 1. The van der Waals surface area contributed by atoms with Crippen molar-refractivity contribution in [3.63, 3.8) is 0 Å². The number of halogens is 3. The van der Waals surface area contributed by atoms with E-state index in [2.05, 4.69) is 25.1 Å². The lowest BCUT2D eigenvalue weighted by Crippen LogP contribution is -2.37. The first-order valence-corrected chi connectivity index (χ1v) is 12.0. The summed E-state index contributed by atoms with van der Waals surface area (Å²) in [4.78, 5) is 17.0. The largest absolute Gasteiger partial charge is 0.573 e. The van der Waals surface area contributed by atoms with E-state index < -0.39 is 22.3 Å². The molecule has 0 spiro atoms. The van der Waals surface area contributed by atoms with Gasteiger partial charge in [-0.2, -0.15) is 0 Å². The molecular weight excluding hydrogens is 485 g/mol. The summed E-state index contributed by atoms with van der Waals surface area (Å²) in [6.07, 6.45) is -0.392. The highest BCUT2D eigenvalue weighted by atomic mass is 32.2. The van der Waals surface area contributed by atoms with Gasteiger partial charge in [-0.05, 0) is 55.8 Å². The molecule has 2 aliphatic rings. The Labute approximate surface area is 199 Å². The number of fused-ring (bicyclic) bond motifs is 1. The summed E-state index contributed by atoms with van der Waals surface area (Å²) >= 11 is 0. The Balaban J connectivity index is 1.44. The molecule has 4 rings (SSSR count). The highest BCUT2D eigenvalue weighted by Crippen LogP contribution is 2.25. The second-order valence-corrected chi connectivity index (χ2v) is 9.53. The lowest BCUT2D eigenvalue weighted by Gasteiger charge is -2.25. The van der Waals surface area contributed by atoms with Gasteiger partial charge in [0.2, 0.25) is 0 Å². The first-order valence-electron chi connectivity index (χ1n) is 10.5. The molecule has 0 bridgehead atoms. The number of alkyl halides is 3. The number of anilines is 1. The summed E-state index contributed by atoms with van der Waals surface area (Å²) in [5, 5.41) is 6.18. The predicted octanol–water partition coefficient (Wildman–Crippen LogP) is 3.58. The summed E-state index contributed by atoms with van der Waals surface area (Å²) < 4.78 is 68.1. The van der Waals surface area contributed by atoms with E-state index in [0.717, 1.165) is 5.56 Å². The Morgan fingerprint density at radius 1 is 1.17 bits per heavy atom. The molecule has 1 atom stereocenters. The normalized spacial score (nSPS) is 17.4. The van der Waals surface area contributed by atoms with Crippen LogP contribution in [0.2, 0.25) is 0 Å². The number of allylic oxidation sites excluding steroid dienone is 1. The SMILES string of the molecule is Cc1ccc(S(=O)(=O)NC(=O)c2ccc3c(c2)NCN=C3NC2C=CC(OC(F)(F)F)=CC2)cc1. The molecule has 1 amide bonds. The van der Waals surface area contributed by atoms with Gasteiger partial charge >= 0.3 is 6.36 Å². The fourth-order valence-corrected chi connectivity index (χ4v) is 4.47. The van der Waals surface area contributed by atoms with E-state index in [1.54, 1.807) is 24.3 Å². The molecular formula is C23H21F3N4O4S. The van der Waals surface area contributed by atoms with Gasteiger partial charge in [0.1, 0.15) is 18.3 Å². The Morgan fingerprint density at radius 3 is 2.57 bits per heavy atom. The molecule has 1 aliphatic heterocycles. The average Bonchev–Trinajstić information content (AvgIpc) is 2.79. The van der Waals surface area contributed by atoms with Crippen molar-refractivity contribution < 1.29 is 31.1 Å². The zero-order chi connectivity index (χ0) is 25.2. The van der Waals surface area contributed by atoms with Crippen LogP contribution in [0.15, 0.2) is 76.3 Å². The summed E-state index contributed by atoms with van der Waals surface area (Å²) in [6, 6.07) is 10.4. The van der Waals surface area contributed by atoms with Crippen molar-refractivity contribution in [2.24, 2.45) is 4.99 Å². The monoisotopic (exact) mass is 506 g/mol. The van der Waals surface area contributed by atoms with Gasteiger partial charge in [-0.25, -0.2) is 18.1 Å². The summed E-state index contributed by atoms with van der Waals surface area (Å²) in [5.41, 5.74) is 2.20. The molecule has 1 aliphatic carbocycles. The Bertz CT molecular complexity index is 1330. The molecule has 0 saturated heterocycles. The number of carbonyl (C=O) groups is 1. The Kier molecular flexibility index (Phi) is 6.57. The molecule has 184 valence electrons. The third kappa shape index (κ3) is 6.01. The number of hydrogen-bond donors (Lipinski definition) is 3. The van der Waals surface area contributed by atoms with Crippen molar-refractivity contribution in [1.29, 1.82) is 0 Å². The van der Waals surface area contributed by atoms with Crippen LogP contribution in [-0.2, 0) is 14.8 Å². The number of nitrogens with one attached hydrogen (secondary N) is 3. The van der Waals surface area contributed by atoms with Crippen molar-refractivity contribution in [3.05, 3.63) is 83.1 Å². The summed E-state index contributed by atoms with van der Waals surface area (Å²) in [5.74, 6) is -0.578. The van der Waals surface area contributed by atoms with Gasteiger partial charge in [0.25, 0.3) is 15.9 Å². The molecule has 8 nitrogen and oxygen atoms in total. The van der Waals surface area contributed by atoms with E-state index in [0.29, 0.717) is 17.1 Å². The standard InChI is InChI=1S/C23H21F3N4O4S/c1-14-2-9-18(10-3-14)35(32,33)30-22(31)15-4-11-19-20(12-15)27-13-28-21(19)29-16-5-7-17(8-6-16)34-23(24,25)26/h2-5,7-12,16,27H,6,13H2,1H3,(H,28,29)(H,30,31). The first kappa shape index (κ1) is 24.3. The maximum atomic E-state index is 12.6. The van der Waals surface area contributed by atoms with Gasteiger partial charge < -0.3 is 15.4 Å². The Morgan fingerprint density at radius 2 is 1.91 bits per heavy atom. The number of sulfonamides is 1. The topological polar surface area (TPSA) is 109 Å². The van der Waals surface area contributed by atoms with Gasteiger partial charge in [-0.1, -0.05) is 23.8 Å². The van der Waals surface area contributed by atoms with E-state index in [4.69, 9.17) is 0 Å². The molecule has 35 heavy (non-hydrogen) atoms. The number of aliphatic imine (C=N–C) groups is 1. The van der Waals surface area contributed by atoms with Crippen LogP contribution < -0.4 is 15.4 Å².